The Morgan fingerprint density at radius 1 is 1.43 bits per heavy atom. The average molecular weight is 427 g/mol. The van der Waals surface area contributed by atoms with E-state index in [0.29, 0.717) is 18.5 Å². The van der Waals surface area contributed by atoms with Gasteiger partial charge in [0, 0.05) is 29.9 Å². The maximum absolute atomic E-state index is 13.8. The number of ether oxygens (including phenoxy) is 1. The first-order valence-electron chi connectivity index (χ1n) is 8.29. The number of furan rings is 1. The van der Waals surface area contributed by atoms with Crippen LogP contribution in [-0.2, 0) is 0 Å². The lowest BCUT2D eigenvalue weighted by molar-refractivity contribution is 0.0955. The van der Waals surface area contributed by atoms with Gasteiger partial charge < -0.3 is 25.9 Å². The minimum atomic E-state index is -0.773. The lowest BCUT2D eigenvalue weighted by Crippen LogP contribution is -2.28. The van der Waals surface area contributed by atoms with Crippen LogP contribution in [0, 0.1) is 5.82 Å². The van der Waals surface area contributed by atoms with E-state index in [2.05, 4.69) is 10.3 Å². The number of fused-ring (bicyclic) bond motifs is 1. The van der Waals surface area contributed by atoms with Crippen LogP contribution in [0.25, 0.3) is 11.0 Å². The number of nitrogens with zero attached hydrogens (tertiary/aromatic N) is 1. The van der Waals surface area contributed by atoms with Crippen molar-refractivity contribution in [3.63, 3.8) is 0 Å². The van der Waals surface area contributed by atoms with E-state index in [0.717, 1.165) is 6.07 Å². The van der Waals surface area contributed by atoms with Gasteiger partial charge in [-0.15, -0.1) is 0 Å². The number of amides is 1. The molecule has 28 heavy (non-hydrogen) atoms. The monoisotopic (exact) mass is 426 g/mol. The molecule has 2 heterocycles. The number of hydrogen-bond donors (Lipinski definition) is 3. The van der Waals surface area contributed by atoms with Gasteiger partial charge >= 0.3 is 0 Å². The largest absolute Gasteiger partial charge is 0.478 e. The number of rotatable bonds is 6. The van der Waals surface area contributed by atoms with Crippen molar-refractivity contribution in [1.82, 2.24) is 10.3 Å². The van der Waals surface area contributed by atoms with Gasteiger partial charge in [0.25, 0.3) is 5.91 Å². The molecule has 148 valence electrons. The second-order valence-corrected chi connectivity index (χ2v) is 6.71. The molecule has 1 amide bonds. The molecule has 5 N–H and O–H groups in total. The maximum Gasteiger partial charge on any atom is 0.255 e. The Labute approximate surface area is 169 Å². The highest BCUT2D eigenvalue weighted by atomic mass is 35.5. The quantitative estimate of drug-likeness (QED) is 0.517. The molecular weight excluding hydrogens is 410 g/mol. The Kier molecular flexibility index (Phi) is 5.93. The molecule has 0 saturated carbocycles. The molecule has 0 bridgehead atoms. The number of hydrogen-bond acceptors (Lipinski definition) is 6. The van der Waals surface area contributed by atoms with Crippen LogP contribution >= 0.6 is 23.2 Å². The molecule has 1 aromatic carbocycles. The summed E-state index contributed by atoms with van der Waals surface area (Å²) in [6.07, 6.45) is 1.91. The zero-order valence-electron chi connectivity index (χ0n) is 14.8. The molecule has 3 rings (SSSR count). The van der Waals surface area contributed by atoms with Crippen LogP contribution in [0.3, 0.4) is 0 Å². The van der Waals surface area contributed by atoms with Crippen molar-refractivity contribution in [1.29, 1.82) is 0 Å². The summed E-state index contributed by atoms with van der Waals surface area (Å²) in [7, 11) is 0. The number of halogens is 3. The third-order valence-electron chi connectivity index (χ3n) is 4.06. The third-order valence-corrected chi connectivity index (χ3v) is 4.77. The predicted molar refractivity (Wildman–Crippen MR) is 105 cm³/mol. The number of carbonyl (C=O) groups excluding carboxylic acids is 1. The van der Waals surface area contributed by atoms with Gasteiger partial charge in [-0.2, -0.15) is 0 Å². The fourth-order valence-electron chi connectivity index (χ4n) is 2.70. The van der Waals surface area contributed by atoms with Gasteiger partial charge in [0.2, 0.25) is 5.75 Å². The molecule has 0 spiro atoms. The second kappa shape index (κ2) is 8.22. The van der Waals surface area contributed by atoms with E-state index in [1.165, 1.54) is 18.5 Å². The molecule has 0 saturated heterocycles. The van der Waals surface area contributed by atoms with Crippen LogP contribution in [0.15, 0.2) is 29.0 Å². The predicted octanol–water partition coefficient (Wildman–Crippen LogP) is 3.68. The smallest absolute Gasteiger partial charge is 0.255 e. The van der Waals surface area contributed by atoms with Crippen molar-refractivity contribution < 1.29 is 18.3 Å². The van der Waals surface area contributed by atoms with Crippen LogP contribution in [-0.4, -0.2) is 24.0 Å². The third kappa shape index (κ3) is 3.71. The summed E-state index contributed by atoms with van der Waals surface area (Å²) < 4.78 is 25.2. The summed E-state index contributed by atoms with van der Waals surface area (Å²) in [5.74, 6) is -0.866. The normalized spacial score (nSPS) is 12.2. The number of nitrogens with two attached hydrogens (primary N) is 2. The van der Waals surface area contributed by atoms with Crippen molar-refractivity contribution in [2.75, 3.05) is 18.8 Å². The van der Waals surface area contributed by atoms with Crippen molar-refractivity contribution in [3.8, 4) is 5.75 Å². The van der Waals surface area contributed by atoms with Crippen LogP contribution in [0.4, 0.5) is 10.2 Å². The van der Waals surface area contributed by atoms with Crippen LogP contribution in [0.5, 0.6) is 5.75 Å². The lowest BCUT2D eigenvalue weighted by atomic mass is 10.1. The number of pyridine rings is 1. The summed E-state index contributed by atoms with van der Waals surface area (Å²) in [4.78, 5) is 16.3. The second-order valence-electron chi connectivity index (χ2n) is 5.93. The first-order valence-corrected chi connectivity index (χ1v) is 9.04. The Balaban J connectivity index is 2.00. The average Bonchev–Trinajstić information content (AvgIpc) is 3.10. The minimum Gasteiger partial charge on any atom is -0.478 e. The van der Waals surface area contributed by atoms with Gasteiger partial charge in [-0.3, -0.25) is 4.79 Å². The van der Waals surface area contributed by atoms with Gasteiger partial charge in [0.05, 0.1) is 16.0 Å². The van der Waals surface area contributed by atoms with Crippen LogP contribution in [0.2, 0.25) is 10.0 Å². The Bertz CT molecular complexity index is 1040. The van der Waals surface area contributed by atoms with Gasteiger partial charge in [-0.05, 0) is 19.1 Å². The van der Waals surface area contributed by atoms with E-state index in [9.17, 15) is 9.18 Å². The minimum absolute atomic E-state index is 0.0336. The van der Waals surface area contributed by atoms with E-state index in [4.69, 9.17) is 43.8 Å². The van der Waals surface area contributed by atoms with E-state index in [1.807, 2.05) is 0 Å². The number of carbonyl (C=O) groups is 1. The molecule has 0 unspecified atom stereocenters. The van der Waals surface area contributed by atoms with Crippen molar-refractivity contribution in [3.05, 3.63) is 51.6 Å². The molecular formula is C18H17Cl2FN4O3. The maximum atomic E-state index is 13.8. The Morgan fingerprint density at radius 3 is 2.89 bits per heavy atom. The first-order chi connectivity index (χ1) is 13.3. The fraction of sp³-hybridized carbons (Fsp3) is 0.222. The van der Waals surface area contributed by atoms with Gasteiger partial charge in [0.1, 0.15) is 18.2 Å². The lowest BCUT2D eigenvalue weighted by Gasteiger charge is -2.18. The van der Waals surface area contributed by atoms with E-state index in [-0.39, 0.29) is 44.2 Å². The number of nitrogens with one attached hydrogen (secondary N) is 1. The summed E-state index contributed by atoms with van der Waals surface area (Å²) in [5.41, 5.74) is 12.1. The fourth-order valence-corrected chi connectivity index (χ4v) is 3.38. The molecule has 0 aliphatic carbocycles. The molecule has 0 fully saturated rings. The van der Waals surface area contributed by atoms with Gasteiger partial charge in [-0.1, -0.05) is 23.2 Å². The molecule has 7 nitrogen and oxygen atoms in total. The number of benzene rings is 1. The van der Waals surface area contributed by atoms with E-state index in [1.54, 1.807) is 6.92 Å². The Hall–Kier alpha value is -2.55. The van der Waals surface area contributed by atoms with E-state index >= 15 is 0 Å². The summed E-state index contributed by atoms with van der Waals surface area (Å²) >= 11 is 12.2. The zero-order valence-corrected chi connectivity index (χ0v) is 16.3. The molecule has 3 aromatic rings. The van der Waals surface area contributed by atoms with E-state index < -0.39 is 11.9 Å². The van der Waals surface area contributed by atoms with Crippen LogP contribution < -0.4 is 21.5 Å². The SMILES string of the molecule is C[C@@H](Oc1c(N)ncc2c(C(=O)NCCN)coc12)c1c(Cl)ccc(F)c1Cl. The molecule has 0 aliphatic rings. The first kappa shape index (κ1) is 20.2. The van der Waals surface area contributed by atoms with Gasteiger partial charge in [0.15, 0.2) is 11.4 Å². The summed E-state index contributed by atoms with van der Waals surface area (Å²) in [5, 5.41) is 3.14. The molecule has 0 aliphatic heterocycles. The summed E-state index contributed by atoms with van der Waals surface area (Å²) in [6, 6.07) is 2.54. The van der Waals surface area contributed by atoms with Crippen molar-refractivity contribution in [2.45, 2.75) is 13.0 Å². The highest BCUT2D eigenvalue weighted by Gasteiger charge is 2.24. The molecule has 2 aromatic heterocycles. The van der Waals surface area contributed by atoms with Crippen LogP contribution in [0.1, 0.15) is 28.9 Å². The zero-order chi connectivity index (χ0) is 20.4. The highest BCUT2D eigenvalue weighted by Crippen LogP contribution is 2.39. The number of anilines is 1. The number of nitrogen functional groups attached to an aromatic ring is 1. The topological polar surface area (TPSA) is 116 Å². The molecule has 10 heteroatoms. The molecule has 0 radical (unpaired) electrons. The Morgan fingerprint density at radius 2 is 2.18 bits per heavy atom. The number of aromatic nitrogens is 1. The summed E-state index contributed by atoms with van der Waals surface area (Å²) in [6.45, 7) is 2.24. The van der Waals surface area contributed by atoms with Crippen molar-refractivity contribution >= 4 is 45.9 Å². The standard InChI is InChI=1S/C18H17Cl2FN4O3/c1-8(13-11(19)2-3-12(21)14(13)20)28-16-15-9(6-25-17(16)23)10(7-27-15)18(26)24-5-4-22/h2-3,6-8H,4-5,22H2,1H3,(H2,23,25)(H,24,26)/t8-/m1/s1. The molecule has 1 atom stereocenters. The highest BCUT2D eigenvalue weighted by molar-refractivity contribution is 6.36. The van der Waals surface area contributed by atoms with Gasteiger partial charge in [-0.25, -0.2) is 9.37 Å². The van der Waals surface area contributed by atoms with Crippen molar-refractivity contribution in [2.24, 2.45) is 5.73 Å².